The molecule has 20 heavy (non-hydrogen) atoms. The summed E-state index contributed by atoms with van der Waals surface area (Å²) in [5, 5.41) is 15.7. The number of aryl methyl sites for hydroxylation is 2. The first-order chi connectivity index (χ1) is 9.51. The SMILES string of the molecule is CCn1nc(C)c([N+](=O)[O-])c1N1C(C)CCCC1CN. The third-order valence-electron chi connectivity index (χ3n) is 4.10. The predicted octanol–water partition coefficient (Wildman–Crippen LogP) is 1.83. The molecule has 1 aromatic heterocycles. The van der Waals surface area contributed by atoms with E-state index in [-0.39, 0.29) is 22.7 Å². The summed E-state index contributed by atoms with van der Waals surface area (Å²) in [5.41, 5.74) is 6.47. The van der Waals surface area contributed by atoms with Crippen LogP contribution in [-0.2, 0) is 6.54 Å². The van der Waals surface area contributed by atoms with Gasteiger partial charge in [0.2, 0.25) is 5.82 Å². The van der Waals surface area contributed by atoms with E-state index in [1.807, 2.05) is 6.92 Å². The molecule has 2 heterocycles. The highest BCUT2D eigenvalue weighted by Gasteiger charge is 2.36. The number of nitrogens with two attached hydrogens (primary N) is 1. The fraction of sp³-hybridized carbons (Fsp3) is 0.769. The average Bonchev–Trinajstić information content (AvgIpc) is 2.74. The Morgan fingerprint density at radius 2 is 2.20 bits per heavy atom. The lowest BCUT2D eigenvalue weighted by atomic mass is 9.96. The summed E-state index contributed by atoms with van der Waals surface area (Å²) in [6.45, 7) is 6.87. The molecule has 1 aliphatic heterocycles. The fourth-order valence-electron chi connectivity index (χ4n) is 3.15. The van der Waals surface area contributed by atoms with E-state index in [1.165, 1.54) is 0 Å². The molecule has 1 fully saturated rings. The summed E-state index contributed by atoms with van der Waals surface area (Å²) in [7, 11) is 0. The third-order valence-corrected chi connectivity index (χ3v) is 4.10. The highest BCUT2D eigenvalue weighted by atomic mass is 16.6. The van der Waals surface area contributed by atoms with Crippen LogP contribution in [0.2, 0.25) is 0 Å². The van der Waals surface area contributed by atoms with Gasteiger partial charge in [0.15, 0.2) is 0 Å². The van der Waals surface area contributed by atoms with Gasteiger partial charge in [-0.05, 0) is 40.0 Å². The first-order valence-electron chi connectivity index (χ1n) is 7.21. The standard InChI is InChI=1S/C13H23N5O2/c1-4-16-13(12(18(19)20)10(3)15-16)17-9(2)6-5-7-11(17)8-14/h9,11H,4-8,14H2,1-3H3. The third kappa shape index (κ3) is 2.37. The van der Waals surface area contributed by atoms with Crippen molar-refractivity contribution in [2.45, 2.75) is 58.7 Å². The lowest BCUT2D eigenvalue weighted by Crippen LogP contribution is -2.50. The van der Waals surface area contributed by atoms with E-state index in [0.29, 0.717) is 24.6 Å². The van der Waals surface area contributed by atoms with Crippen LogP contribution in [0.1, 0.15) is 38.8 Å². The summed E-state index contributed by atoms with van der Waals surface area (Å²) < 4.78 is 1.73. The summed E-state index contributed by atoms with van der Waals surface area (Å²) >= 11 is 0. The van der Waals surface area contributed by atoms with Crippen LogP contribution >= 0.6 is 0 Å². The quantitative estimate of drug-likeness (QED) is 0.671. The van der Waals surface area contributed by atoms with Gasteiger partial charge < -0.3 is 10.6 Å². The maximum atomic E-state index is 11.4. The van der Waals surface area contributed by atoms with Crippen molar-refractivity contribution in [1.82, 2.24) is 9.78 Å². The zero-order valence-corrected chi connectivity index (χ0v) is 12.4. The Hall–Kier alpha value is -1.63. The summed E-state index contributed by atoms with van der Waals surface area (Å²) in [6, 6.07) is 0.399. The van der Waals surface area contributed by atoms with Crippen LogP contribution in [0, 0.1) is 17.0 Å². The second-order valence-corrected chi connectivity index (χ2v) is 5.41. The predicted molar refractivity (Wildman–Crippen MR) is 77.9 cm³/mol. The van der Waals surface area contributed by atoms with E-state index in [0.717, 1.165) is 19.3 Å². The van der Waals surface area contributed by atoms with E-state index in [1.54, 1.807) is 11.6 Å². The molecule has 0 aromatic carbocycles. The van der Waals surface area contributed by atoms with Crippen molar-refractivity contribution >= 4 is 11.5 Å². The Bertz CT molecular complexity index is 499. The van der Waals surface area contributed by atoms with Crippen LogP contribution in [0.4, 0.5) is 11.5 Å². The molecule has 7 nitrogen and oxygen atoms in total. The number of anilines is 1. The van der Waals surface area contributed by atoms with Gasteiger partial charge in [-0.2, -0.15) is 5.10 Å². The molecule has 0 amide bonds. The molecular weight excluding hydrogens is 258 g/mol. The largest absolute Gasteiger partial charge is 0.344 e. The van der Waals surface area contributed by atoms with E-state index in [4.69, 9.17) is 5.73 Å². The molecule has 0 radical (unpaired) electrons. The van der Waals surface area contributed by atoms with Crippen molar-refractivity contribution in [1.29, 1.82) is 0 Å². The second kappa shape index (κ2) is 5.78. The average molecular weight is 281 g/mol. The van der Waals surface area contributed by atoms with Crippen LogP contribution < -0.4 is 10.6 Å². The molecule has 0 saturated carbocycles. The van der Waals surface area contributed by atoms with Gasteiger partial charge >= 0.3 is 5.69 Å². The van der Waals surface area contributed by atoms with Gasteiger partial charge in [0.05, 0.1) is 4.92 Å². The van der Waals surface area contributed by atoms with Gasteiger partial charge in [-0.1, -0.05) is 0 Å². The molecule has 0 spiro atoms. The Balaban J connectivity index is 2.56. The molecule has 2 N–H and O–H groups in total. The molecule has 2 rings (SSSR count). The minimum absolute atomic E-state index is 0.124. The van der Waals surface area contributed by atoms with Gasteiger partial charge in [0, 0.05) is 25.2 Å². The summed E-state index contributed by atoms with van der Waals surface area (Å²) in [6.07, 6.45) is 3.13. The Labute approximate surface area is 118 Å². The molecule has 2 unspecified atom stereocenters. The molecule has 2 atom stereocenters. The molecule has 1 aliphatic rings. The Morgan fingerprint density at radius 3 is 2.75 bits per heavy atom. The number of rotatable bonds is 4. The van der Waals surface area contributed by atoms with Crippen LogP contribution in [0.3, 0.4) is 0 Å². The minimum atomic E-state index is -0.321. The van der Waals surface area contributed by atoms with Crippen molar-refractivity contribution in [3.8, 4) is 0 Å². The molecular formula is C13H23N5O2. The number of piperidine rings is 1. The monoisotopic (exact) mass is 281 g/mol. The molecule has 0 aliphatic carbocycles. The van der Waals surface area contributed by atoms with E-state index >= 15 is 0 Å². The molecule has 1 aromatic rings. The van der Waals surface area contributed by atoms with Gasteiger partial charge in [0.25, 0.3) is 0 Å². The number of hydrogen-bond donors (Lipinski definition) is 1. The zero-order chi connectivity index (χ0) is 14.9. The minimum Gasteiger partial charge on any atom is -0.344 e. The molecule has 7 heteroatoms. The van der Waals surface area contributed by atoms with Gasteiger partial charge in [-0.3, -0.25) is 10.1 Å². The summed E-state index contributed by atoms with van der Waals surface area (Å²) in [4.78, 5) is 13.2. The highest BCUT2D eigenvalue weighted by molar-refractivity contribution is 5.62. The van der Waals surface area contributed by atoms with E-state index in [2.05, 4.69) is 16.9 Å². The van der Waals surface area contributed by atoms with Crippen molar-refractivity contribution in [2.75, 3.05) is 11.4 Å². The number of nitrogens with zero attached hydrogens (tertiary/aromatic N) is 4. The van der Waals surface area contributed by atoms with Crippen molar-refractivity contribution in [2.24, 2.45) is 5.73 Å². The van der Waals surface area contributed by atoms with Gasteiger partial charge in [-0.15, -0.1) is 0 Å². The molecule has 0 bridgehead atoms. The van der Waals surface area contributed by atoms with Crippen LogP contribution in [-0.4, -0.2) is 33.3 Å². The number of hydrogen-bond acceptors (Lipinski definition) is 5. The van der Waals surface area contributed by atoms with Crippen molar-refractivity contribution in [3.05, 3.63) is 15.8 Å². The fourth-order valence-corrected chi connectivity index (χ4v) is 3.15. The van der Waals surface area contributed by atoms with Crippen molar-refractivity contribution < 1.29 is 4.92 Å². The van der Waals surface area contributed by atoms with E-state index < -0.39 is 0 Å². The molecule has 112 valence electrons. The topological polar surface area (TPSA) is 90.2 Å². The normalized spacial score (nSPS) is 23.1. The van der Waals surface area contributed by atoms with Gasteiger partial charge in [-0.25, -0.2) is 4.68 Å². The number of nitro groups is 1. The Kier molecular flexibility index (Phi) is 4.27. The summed E-state index contributed by atoms with van der Waals surface area (Å²) in [5.74, 6) is 0.623. The van der Waals surface area contributed by atoms with Crippen LogP contribution in [0.15, 0.2) is 0 Å². The van der Waals surface area contributed by atoms with Crippen molar-refractivity contribution in [3.63, 3.8) is 0 Å². The smallest absolute Gasteiger partial charge is 0.333 e. The maximum Gasteiger partial charge on any atom is 0.333 e. The zero-order valence-electron chi connectivity index (χ0n) is 12.4. The lowest BCUT2D eigenvalue weighted by Gasteiger charge is -2.41. The maximum absolute atomic E-state index is 11.4. The first-order valence-corrected chi connectivity index (χ1v) is 7.21. The van der Waals surface area contributed by atoms with E-state index in [9.17, 15) is 10.1 Å². The first kappa shape index (κ1) is 14.8. The van der Waals surface area contributed by atoms with Gasteiger partial charge in [0.1, 0.15) is 5.69 Å². The second-order valence-electron chi connectivity index (χ2n) is 5.41. The Morgan fingerprint density at radius 1 is 1.50 bits per heavy atom. The number of aromatic nitrogens is 2. The molecule has 1 saturated heterocycles. The van der Waals surface area contributed by atoms with Crippen LogP contribution in [0.25, 0.3) is 0 Å². The highest BCUT2D eigenvalue weighted by Crippen LogP contribution is 2.37. The van der Waals surface area contributed by atoms with Crippen LogP contribution in [0.5, 0.6) is 0 Å². The lowest BCUT2D eigenvalue weighted by molar-refractivity contribution is -0.384.